The molecule has 0 aliphatic heterocycles. The Kier molecular flexibility index (Phi) is 10.8. The first-order valence-electron chi connectivity index (χ1n) is 11.4. The maximum Gasteiger partial charge on any atom is 0.251 e. The van der Waals surface area contributed by atoms with Crippen LogP contribution in [-0.4, -0.2) is 49.2 Å². The Morgan fingerprint density at radius 2 is 1.62 bits per heavy atom. The van der Waals surface area contributed by atoms with E-state index < -0.39 is 35.8 Å². The molecule has 1 unspecified atom stereocenters. The molecule has 8 nitrogen and oxygen atoms in total. The van der Waals surface area contributed by atoms with E-state index in [-0.39, 0.29) is 6.42 Å². The Morgan fingerprint density at radius 3 is 2.21 bits per heavy atom. The molecule has 3 N–H and O–H groups in total. The molecule has 8 heteroatoms. The number of carbonyl (C=O) groups is 4. The maximum absolute atomic E-state index is 13.1. The lowest BCUT2D eigenvalue weighted by Crippen LogP contribution is -2.54. The summed E-state index contributed by atoms with van der Waals surface area (Å²) >= 11 is 0. The summed E-state index contributed by atoms with van der Waals surface area (Å²) in [7, 11) is 1.54. The van der Waals surface area contributed by atoms with Crippen LogP contribution in [0.15, 0.2) is 54.6 Å². The average molecular weight is 468 g/mol. The van der Waals surface area contributed by atoms with Crippen molar-refractivity contribution >= 4 is 24.0 Å². The maximum atomic E-state index is 13.1. The van der Waals surface area contributed by atoms with Crippen LogP contribution in [0.5, 0.6) is 5.75 Å². The topological polar surface area (TPSA) is 114 Å². The highest BCUT2D eigenvalue weighted by atomic mass is 16.5. The van der Waals surface area contributed by atoms with Crippen LogP contribution < -0.4 is 20.7 Å². The molecule has 0 saturated heterocycles. The number of nitrogens with one attached hydrogen (secondary N) is 3. The highest BCUT2D eigenvalue weighted by molar-refractivity contribution is 5.98. The van der Waals surface area contributed by atoms with E-state index in [2.05, 4.69) is 16.0 Å². The zero-order chi connectivity index (χ0) is 24.9. The first-order valence-corrected chi connectivity index (χ1v) is 11.4. The van der Waals surface area contributed by atoms with Gasteiger partial charge in [-0.1, -0.05) is 50.1 Å². The van der Waals surface area contributed by atoms with Crippen molar-refractivity contribution < 1.29 is 23.9 Å². The van der Waals surface area contributed by atoms with Crippen LogP contribution in [0.3, 0.4) is 0 Å². The van der Waals surface area contributed by atoms with E-state index in [1.807, 2.05) is 37.3 Å². The van der Waals surface area contributed by atoms with Gasteiger partial charge in [0.2, 0.25) is 11.8 Å². The normalized spacial score (nSPS) is 13.1. The van der Waals surface area contributed by atoms with Crippen LogP contribution >= 0.6 is 0 Å². The molecular formula is C26H33N3O5. The van der Waals surface area contributed by atoms with E-state index in [1.54, 1.807) is 31.2 Å². The summed E-state index contributed by atoms with van der Waals surface area (Å²) in [4.78, 5) is 49.6. The third kappa shape index (κ3) is 8.35. The molecule has 0 saturated carbocycles. The Labute approximate surface area is 200 Å². The average Bonchev–Trinajstić information content (AvgIpc) is 2.86. The minimum Gasteiger partial charge on any atom is -0.497 e. The highest BCUT2D eigenvalue weighted by Gasteiger charge is 2.26. The summed E-state index contributed by atoms with van der Waals surface area (Å²) in [6.45, 7) is 3.54. The van der Waals surface area contributed by atoms with Crippen molar-refractivity contribution in [3.63, 3.8) is 0 Å². The van der Waals surface area contributed by atoms with Crippen molar-refractivity contribution in [3.05, 3.63) is 65.7 Å². The van der Waals surface area contributed by atoms with E-state index >= 15 is 0 Å². The first-order chi connectivity index (χ1) is 16.4. The summed E-state index contributed by atoms with van der Waals surface area (Å²) in [5.41, 5.74) is 1.23. The molecule has 2 aromatic rings. The number of amides is 3. The van der Waals surface area contributed by atoms with Gasteiger partial charge < -0.3 is 25.5 Å². The van der Waals surface area contributed by atoms with Crippen molar-refractivity contribution in [1.29, 1.82) is 0 Å². The van der Waals surface area contributed by atoms with E-state index in [9.17, 15) is 19.2 Å². The summed E-state index contributed by atoms with van der Waals surface area (Å²) in [5.74, 6) is -0.759. The number of hydrogen-bond acceptors (Lipinski definition) is 5. The molecule has 2 rings (SSSR count). The summed E-state index contributed by atoms with van der Waals surface area (Å²) < 4.78 is 5.11. The van der Waals surface area contributed by atoms with Crippen LogP contribution in [0.1, 0.15) is 49.0 Å². The number of unbranched alkanes of at least 4 members (excludes halogenated alkanes) is 1. The number of carbonyl (C=O) groups excluding carboxylic acids is 4. The van der Waals surface area contributed by atoms with Crippen molar-refractivity contribution in [1.82, 2.24) is 16.0 Å². The smallest absolute Gasteiger partial charge is 0.251 e. The van der Waals surface area contributed by atoms with Gasteiger partial charge in [0.05, 0.1) is 13.2 Å². The monoisotopic (exact) mass is 467 g/mol. The Morgan fingerprint density at radius 1 is 0.941 bits per heavy atom. The third-order valence-corrected chi connectivity index (χ3v) is 5.37. The lowest BCUT2D eigenvalue weighted by Gasteiger charge is -2.22. The Hall–Kier alpha value is -3.68. The van der Waals surface area contributed by atoms with Gasteiger partial charge in [-0.05, 0) is 43.2 Å². The number of rotatable bonds is 13. The summed E-state index contributed by atoms with van der Waals surface area (Å²) in [6, 6.07) is 13.4. The zero-order valence-corrected chi connectivity index (χ0v) is 19.9. The second kappa shape index (κ2) is 13.8. The molecule has 0 heterocycles. The fourth-order valence-corrected chi connectivity index (χ4v) is 3.33. The molecule has 0 aromatic heterocycles. The van der Waals surface area contributed by atoms with E-state index in [1.165, 1.54) is 7.11 Å². The summed E-state index contributed by atoms with van der Waals surface area (Å²) in [6.07, 6.45) is 3.20. The van der Waals surface area contributed by atoms with Gasteiger partial charge in [-0.3, -0.25) is 14.4 Å². The standard InChI is InChI=1S/C26H33N3O5/c1-4-5-11-21(17-30)28-24(31)18(2)27-26(33)23(16-19-9-7-6-8-10-19)29-25(32)20-12-14-22(34-3)15-13-20/h6-10,12-15,17-18,21,23H,4-5,11,16H2,1-3H3,(H,27,33)(H,28,31)(H,29,32)/t18-,21-,23?/m0/s1. The molecular weight excluding hydrogens is 434 g/mol. The Bertz CT molecular complexity index is 947. The molecule has 0 bridgehead atoms. The molecule has 182 valence electrons. The molecule has 34 heavy (non-hydrogen) atoms. The molecule has 3 amide bonds. The first kappa shape index (κ1) is 26.6. The third-order valence-electron chi connectivity index (χ3n) is 5.37. The van der Waals surface area contributed by atoms with Crippen LogP contribution in [0.25, 0.3) is 0 Å². The van der Waals surface area contributed by atoms with Crippen molar-refractivity contribution in [2.24, 2.45) is 0 Å². The number of methoxy groups -OCH3 is 1. The van der Waals surface area contributed by atoms with Crippen molar-refractivity contribution in [2.45, 2.75) is 57.7 Å². The SMILES string of the molecule is CCCC[C@@H](C=O)NC(=O)[C@H](C)NC(=O)C(Cc1ccccc1)NC(=O)c1ccc(OC)cc1. The van der Waals surface area contributed by atoms with E-state index in [0.29, 0.717) is 24.0 Å². The largest absolute Gasteiger partial charge is 0.497 e. The van der Waals surface area contributed by atoms with Gasteiger partial charge in [0.1, 0.15) is 24.1 Å². The zero-order valence-electron chi connectivity index (χ0n) is 19.9. The molecule has 0 aliphatic rings. The predicted molar refractivity (Wildman–Crippen MR) is 130 cm³/mol. The molecule has 0 spiro atoms. The molecule has 3 atom stereocenters. The minimum absolute atomic E-state index is 0.246. The van der Waals surface area contributed by atoms with Gasteiger partial charge in [-0.2, -0.15) is 0 Å². The number of ether oxygens (including phenoxy) is 1. The lowest BCUT2D eigenvalue weighted by molar-refractivity contribution is -0.130. The number of aldehydes is 1. The van der Waals surface area contributed by atoms with Gasteiger partial charge >= 0.3 is 0 Å². The molecule has 0 aliphatic carbocycles. The van der Waals surface area contributed by atoms with Crippen LogP contribution in [0.2, 0.25) is 0 Å². The molecule has 0 radical (unpaired) electrons. The van der Waals surface area contributed by atoms with Crippen molar-refractivity contribution in [3.8, 4) is 5.75 Å². The quantitative estimate of drug-likeness (QED) is 0.392. The second-order valence-electron chi connectivity index (χ2n) is 8.07. The van der Waals surface area contributed by atoms with Crippen LogP contribution in [-0.2, 0) is 20.8 Å². The molecule has 2 aromatic carbocycles. The van der Waals surface area contributed by atoms with Gasteiger partial charge in [-0.15, -0.1) is 0 Å². The minimum atomic E-state index is -0.908. The van der Waals surface area contributed by atoms with Crippen molar-refractivity contribution in [2.75, 3.05) is 7.11 Å². The fourth-order valence-electron chi connectivity index (χ4n) is 3.33. The van der Waals surface area contributed by atoms with Gasteiger partial charge in [0.25, 0.3) is 5.91 Å². The van der Waals surface area contributed by atoms with E-state index in [0.717, 1.165) is 18.4 Å². The number of hydrogen-bond donors (Lipinski definition) is 3. The van der Waals surface area contributed by atoms with E-state index in [4.69, 9.17) is 4.74 Å². The summed E-state index contributed by atoms with van der Waals surface area (Å²) in [5, 5.41) is 8.07. The lowest BCUT2D eigenvalue weighted by atomic mass is 10.0. The predicted octanol–water partition coefficient (Wildman–Crippen LogP) is 2.41. The molecule has 0 fully saturated rings. The van der Waals surface area contributed by atoms with Gasteiger partial charge in [0.15, 0.2) is 0 Å². The van der Waals surface area contributed by atoms with Crippen LogP contribution in [0.4, 0.5) is 0 Å². The second-order valence-corrected chi connectivity index (χ2v) is 8.07. The van der Waals surface area contributed by atoms with Gasteiger partial charge in [0, 0.05) is 12.0 Å². The Balaban J connectivity index is 2.09. The fraction of sp³-hybridized carbons (Fsp3) is 0.385. The van der Waals surface area contributed by atoms with Crippen LogP contribution in [0, 0.1) is 0 Å². The number of benzene rings is 2. The highest BCUT2D eigenvalue weighted by Crippen LogP contribution is 2.12. The van der Waals surface area contributed by atoms with Gasteiger partial charge in [-0.25, -0.2) is 0 Å².